The summed E-state index contributed by atoms with van der Waals surface area (Å²) in [5.74, 6) is 5.49. The first-order valence-corrected chi connectivity index (χ1v) is 5.62. The first-order valence-electron chi connectivity index (χ1n) is 5.24. The van der Waals surface area contributed by atoms with E-state index in [0.29, 0.717) is 22.8 Å². The first-order chi connectivity index (χ1) is 8.60. The van der Waals surface area contributed by atoms with Gasteiger partial charge in [0, 0.05) is 17.0 Å². The van der Waals surface area contributed by atoms with E-state index in [4.69, 9.17) is 17.4 Å². The van der Waals surface area contributed by atoms with Gasteiger partial charge in [0.1, 0.15) is 5.82 Å². The van der Waals surface area contributed by atoms with Gasteiger partial charge in [0.15, 0.2) is 5.82 Å². The first kappa shape index (κ1) is 12.9. The lowest BCUT2D eigenvalue weighted by Crippen LogP contribution is -2.30. The van der Waals surface area contributed by atoms with Gasteiger partial charge in [-0.15, -0.1) is 10.2 Å². The Labute approximate surface area is 108 Å². The number of nitrogens with one attached hydrogen (secondary N) is 1. The van der Waals surface area contributed by atoms with E-state index in [9.17, 15) is 4.39 Å². The molecular weight excluding hydrogens is 259 g/mol. The van der Waals surface area contributed by atoms with Gasteiger partial charge >= 0.3 is 0 Å². The fourth-order valence-corrected chi connectivity index (χ4v) is 1.79. The number of aromatic nitrogens is 4. The van der Waals surface area contributed by atoms with Gasteiger partial charge in [-0.2, -0.15) is 4.80 Å². The summed E-state index contributed by atoms with van der Waals surface area (Å²) in [5, 5.41) is 11.9. The second-order valence-electron chi connectivity index (χ2n) is 3.78. The molecule has 1 aromatic carbocycles. The molecule has 6 nitrogen and oxygen atoms in total. The Bertz CT molecular complexity index is 543. The molecule has 0 aliphatic rings. The van der Waals surface area contributed by atoms with Crippen molar-refractivity contribution in [3.63, 3.8) is 0 Å². The third-order valence-corrected chi connectivity index (χ3v) is 2.71. The minimum atomic E-state index is -0.438. The van der Waals surface area contributed by atoms with Crippen LogP contribution in [0, 0.1) is 5.82 Å². The summed E-state index contributed by atoms with van der Waals surface area (Å²) >= 11 is 5.70. The molecule has 0 fully saturated rings. The molecule has 2 rings (SSSR count). The number of nitrogens with zero attached hydrogens (tertiary/aromatic N) is 4. The molecular formula is C10H12ClFN6. The average molecular weight is 271 g/mol. The summed E-state index contributed by atoms with van der Waals surface area (Å²) in [5.41, 5.74) is 2.95. The van der Waals surface area contributed by atoms with Crippen LogP contribution in [0.15, 0.2) is 18.2 Å². The summed E-state index contributed by atoms with van der Waals surface area (Å²) in [7, 11) is 1.66. The normalized spacial score (nSPS) is 12.7. The molecule has 3 N–H and O–H groups in total. The number of halogens is 2. The fraction of sp³-hybridized carbons (Fsp3) is 0.300. The van der Waals surface area contributed by atoms with Crippen molar-refractivity contribution in [1.29, 1.82) is 0 Å². The zero-order valence-electron chi connectivity index (χ0n) is 9.64. The van der Waals surface area contributed by atoms with E-state index >= 15 is 0 Å². The minimum absolute atomic E-state index is 0.336. The molecule has 0 radical (unpaired) electrons. The SMILES string of the molecule is Cn1nnc(CC(NN)c2ccc(Cl)cc2F)n1. The summed E-state index contributed by atoms with van der Waals surface area (Å²) in [6.07, 6.45) is 0.336. The number of hydrazine groups is 1. The highest BCUT2D eigenvalue weighted by atomic mass is 35.5. The van der Waals surface area contributed by atoms with Crippen LogP contribution < -0.4 is 11.3 Å². The standard InChI is InChI=1S/C10H12ClFN6/c1-18-16-10(15-17-18)5-9(14-13)7-3-2-6(11)4-8(7)12/h2-4,9,14H,5,13H2,1H3. The van der Waals surface area contributed by atoms with Gasteiger partial charge in [0.2, 0.25) is 0 Å². The number of nitrogens with two attached hydrogens (primary N) is 1. The number of hydrogen-bond donors (Lipinski definition) is 2. The Morgan fingerprint density at radius 2 is 2.33 bits per heavy atom. The van der Waals surface area contributed by atoms with E-state index in [0.717, 1.165) is 0 Å². The molecule has 0 saturated heterocycles. The molecule has 0 amide bonds. The largest absolute Gasteiger partial charge is 0.271 e. The molecule has 1 aromatic heterocycles. The molecule has 0 aliphatic carbocycles. The molecule has 1 unspecified atom stereocenters. The predicted octanol–water partition coefficient (Wildman–Crippen LogP) is 0.750. The third-order valence-electron chi connectivity index (χ3n) is 2.48. The number of benzene rings is 1. The minimum Gasteiger partial charge on any atom is -0.271 e. The van der Waals surface area contributed by atoms with Crippen molar-refractivity contribution in [2.24, 2.45) is 12.9 Å². The quantitative estimate of drug-likeness (QED) is 0.633. The van der Waals surface area contributed by atoms with Gasteiger partial charge in [0.05, 0.1) is 13.1 Å². The molecule has 1 atom stereocenters. The van der Waals surface area contributed by atoms with Crippen LogP contribution in [0.1, 0.15) is 17.4 Å². The van der Waals surface area contributed by atoms with Crippen LogP contribution in [0.4, 0.5) is 4.39 Å². The van der Waals surface area contributed by atoms with Crippen molar-refractivity contribution in [1.82, 2.24) is 25.6 Å². The molecule has 8 heteroatoms. The second kappa shape index (κ2) is 5.38. The van der Waals surface area contributed by atoms with Crippen LogP contribution >= 0.6 is 11.6 Å². The van der Waals surface area contributed by atoms with Gasteiger partial charge in [0.25, 0.3) is 0 Å². The van der Waals surface area contributed by atoms with E-state index in [-0.39, 0.29) is 0 Å². The van der Waals surface area contributed by atoms with Gasteiger partial charge in [-0.3, -0.25) is 11.3 Å². The lowest BCUT2D eigenvalue weighted by atomic mass is 10.0. The maximum absolute atomic E-state index is 13.8. The Balaban J connectivity index is 2.22. The molecule has 2 aromatic rings. The topological polar surface area (TPSA) is 81.7 Å². The molecule has 0 spiro atoms. The molecule has 0 bridgehead atoms. The van der Waals surface area contributed by atoms with Crippen LogP contribution in [0.3, 0.4) is 0 Å². The highest BCUT2D eigenvalue weighted by molar-refractivity contribution is 6.30. The number of rotatable bonds is 4. The Kier molecular flexibility index (Phi) is 3.85. The smallest absolute Gasteiger partial charge is 0.176 e. The highest BCUT2D eigenvalue weighted by Crippen LogP contribution is 2.22. The molecule has 18 heavy (non-hydrogen) atoms. The Hall–Kier alpha value is -1.57. The van der Waals surface area contributed by atoms with Crippen molar-refractivity contribution >= 4 is 11.6 Å². The van der Waals surface area contributed by atoms with Crippen molar-refractivity contribution in [2.75, 3.05) is 0 Å². The summed E-state index contributed by atoms with van der Waals surface area (Å²) in [6, 6.07) is 3.99. The lowest BCUT2D eigenvalue weighted by molar-refractivity contribution is 0.501. The summed E-state index contributed by atoms with van der Waals surface area (Å²) in [6.45, 7) is 0. The van der Waals surface area contributed by atoms with Crippen LogP contribution in [-0.2, 0) is 13.5 Å². The van der Waals surface area contributed by atoms with Gasteiger partial charge in [-0.25, -0.2) is 4.39 Å². The monoisotopic (exact) mass is 270 g/mol. The summed E-state index contributed by atoms with van der Waals surface area (Å²) in [4.78, 5) is 1.33. The number of aryl methyl sites for hydroxylation is 1. The van der Waals surface area contributed by atoms with E-state index in [1.165, 1.54) is 10.9 Å². The van der Waals surface area contributed by atoms with E-state index in [1.807, 2.05) is 0 Å². The van der Waals surface area contributed by atoms with Crippen LogP contribution in [0.25, 0.3) is 0 Å². The van der Waals surface area contributed by atoms with E-state index in [2.05, 4.69) is 20.8 Å². The van der Waals surface area contributed by atoms with Gasteiger partial charge < -0.3 is 0 Å². The Morgan fingerprint density at radius 3 is 2.89 bits per heavy atom. The predicted molar refractivity (Wildman–Crippen MR) is 64.0 cm³/mol. The van der Waals surface area contributed by atoms with Crippen LogP contribution in [0.5, 0.6) is 0 Å². The van der Waals surface area contributed by atoms with Crippen molar-refractivity contribution in [2.45, 2.75) is 12.5 Å². The summed E-state index contributed by atoms with van der Waals surface area (Å²) < 4.78 is 13.8. The molecule has 96 valence electrons. The lowest BCUT2D eigenvalue weighted by Gasteiger charge is -2.15. The maximum atomic E-state index is 13.8. The van der Waals surface area contributed by atoms with Crippen molar-refractivity contribution in [3.8, 4) is 0 Å². The fourth-order valence-electron chi connectivity index (χ4n) is 1.63. The Morgan fingerprint density at radius 1 is 1.56 bits per heavy atom. The maximum Gasteiger partial charge on any atom is 0.176 e. The number of hydrogen-bond acceptors (Lipinski definition) is 5. The second-order valence-corrected chi connectivity index (χ2v) is 4.22. The van der Waals surface area contributed by atoms with E-state index in [1.54, 1.807) is 19.2 Å². The van der Waals surface area contributed by atoms with Crippen LogP contribution in [-0.4, -0.2) is 20.2 Å². The molecule has 0 aliphatic heterocycles. The molecule has 0 saturated carbocycles. The highest BCUT2D eigenvalue weighted by Gasteiger charge is 2.17. The average Bonchev–Trinajstić information content (AvgIpc) is 2.72. The third kappa shape index (κ3) is 2.81. The van der Waals surface area contributed by atoms with Crippen molar-refractivity contribution in [3.05, 3.63) is 40.4 Å². The van der Waals surface area contributed by atoms with E-state index < -0.39 is 11.9 Å². The molecule has 1 heterocycles. The van der Waals surface area contributed by atoms with Gasteiger partial charge in [-0.1, -0.05) is 17.7 Å². The van der Waals surface area contributed by atoms with Crippen LogP contribution in [0.2, 0.25) is 5.02 Å². The van der Waals surface area contributed by atoms with Gasteiger partial charge in [-0.05, 0) is 17.3 Å². The number of tetrazole rings is 1. The van der Waals surface area contributed by atoms with Crippen molar-refractivity contribution < 1.29 is 4.39 Å². The zero-order chi connectivity index (χ0) is 13.1. The zero-order valence-corrected chi connectivity index (χ0v) is 10.4.